The van der Waals surface area contributed by atoms with E-state index in [1.54, 1.807) is 17.0 Å². The van der Waals surface area contributed by atoms with Crippen LogP contribution in [0.5, 0.6) is 0 Å². The molecule has 5 nitrogen and oxygen atoms in total. The van der Waals surface area contributed by atoms with E-state index >= 15 is 0 Å². The van der Waals surface area contributed by atoms with Gasteiger partial charge in [-0.25, -0.2) is 4.79 Å². The van der Waals surface area contributed by atoms with Gasteiger partial charge in [-0.3, -0.25) is 9.69 Å². The Bertz CT molecular complexity index is 486. The second-order valence-electron chi connectivity index (χ2n) is 5.49. The van der Waals surface area contributed by atoms with Crippen molar-refractivity contribution < 1.29 is 14.7 Å². The fourth-order valence-corrected chi connectivity index (χ4v) is 2.33. The SMILES string of the molecule is CCCN(CC1CC1)C(=O)N(CC(=O)O)c1ccccc1. The van der Waals surface area contributed by atoms with E-state index in [0.29, 0.717) is 18.2 Å². The minimum atomic E-state index is -1.00. The topological polar surface area (TPSA) is 60.9 Å². The molecule has 0 atom stereocenters. The van der Waals surface area contributed by atoms with Gasteiger partial charge in [0, 0.05) is 18.8 Å². The lowest BCUT2D eigenvalue weighted by molar-refractivity contribution is -0.135. The van der Waals surface area contributed by atoms with Crippen LogP contribution in [-0.2, 0) is 4.79 Å². The van der Waals surface area contributed by atoms with Crippen LogP contribution in [0.4, 0.5) is 10.5 Å². The van der Waals surface area contributed by atoms with Crippen molar-refractivity contribution in [2.24, 2.45) is 5.92 Å². The molecule has 21 heavy (non-hydrogen) atoms. The highest BCUT2D eigenvalue weighted by molar-refractivity contribution is 5.96. The Morgan fingerprint density at radius 2 is 1.90 bits per heavy atom. The summed E-state index contributed by atoms with van der Waals surface area (Å²) in [6.45, 7) is 3.11. The predicted molar refractivity (Wildman–Crippen MR) is 81.4 cm³/mol. The molecule has 1 aliphatic rings. The van der Waals surface area contributed by atoms with Gasteiger partial charge in [-0.1, -0.05) is 25.1 Å². The smallest absolute Gasteiger partial charge is 0.325 e. The van der Waals surface area contributed by atoms with Crippen LogP contribution in [0.25, 0.3) is 0 Å². The van der Waals surface area contributed by atoms with Crippen LogP contribution >= 0.6 is 0 Å². The fraction of sp³-hybridized carbons (Fsp3) is 0.500. The number of carbonyl (C=O) groups is 2. The molecule has 0 saturated heterocycles. The molecule has 0 radical (unpaired) electrons. The average Bonchev–Trinajstić information content (AvgIpc) is 3.28. The minimum absolute atomic E-state index is 0.211. The lowest BCUT2D eigenvalue weighted by Crippen LogP contribution is -2.46. The van der Waals surface area contributed by atoms with Crippen LogP contribution in [0.2, 0.25) is 0 Å². The first-order chi connectivity index (χ1) is 10.1. The third-order valence-corrected chi connectivity index (χ3v) is 3.53. The number of carboxylic acids is 1. The number of nitrogens with zero attached hydrogens (tertiary/aromatic N) is 2. The Balaban J connectivity index is 2.16. The van der Waals surface area contributed by atoms with E-state index in [-0.39, 0.29) is 12.6 Å². The molecule has 1 fully saturated rings. The summed E-state index contributed by atoms with van der Waals surface area (Å²) in [5.41, 5.74) is 0.627. The quantitative estimate of drug-likeness (QED) is 0.840. The van der Waals surface area contributed by atoms with Crippen LogP contribution in [0, 0.1) is 5.92 Å². The molecule has 5 heteroatoms. The van der Waals surface area contributed by atoms with E-state index in [4.69, 9.17) is 5.11 Å². The van der Waals surface area contributed by atoms with Gasteiger partial charge in [0.25, 0.3) is 0 Å². The fourth-order valence-electron chi connectivity index (χ4n) is 2.33. The lowest BCUT2D eigenvalue weighted by Gasteiger charge is -2.29. The first kappa shape index (κ1) is 15.4. The van der Waals surface area contributed by atoms with E-state index < -0.39 is 5.97 Å². The molecule has 0 aliphatic heterocycles. The highest BCUT2D eigenvalue weighted by atomic mass is 16.4. The Labute approximate surface area is 125 Å². The van der Waals surface area contributed by atoms with Crippen molar-refractivity contribution >= 4 is 17.7 Å². The third-order valence-electron chi connectivity index (χ3n) is 3.53. The summed E-state index contributed by atoms with van der Waals surface area (Å²) in [4.78, 5) is 26.9. The molecule has 0 unspecified atom stereocenters. The number of urea groups is 1. The van der Waals surface area contributed by atoms with Gasteiger partial charge in [0.1, 0.15) is 6.54 Å². The average molecular weight is 290 g/mol. The van der Waals surface area contributed by atoms with E-state index in [1.807, 2.05) is 25.1 Å². The molecule has 2 rings (SSSR count). The van der Waals surface area contributed by atoms with Crippen molar-refractivity contribution in [3.8, 4) is 0 Å². The molecule has 0 spiro atoms. The third kappa shape index (κ3) is 4.48. The Kier molecular flexibility index (Phi) is 5.20. The van der Waals surface area contributed by atoms with Crippen molar-refractivity contribution in [2.45, 2.75) is 26.2 Å². The predicted octanol–water partition coefficient (Wildman–Crippen LogP) is 2.82. The summed E-state index contributed by atoms with van der Waals surface area (Å²) in [6.07, 6.45) is 3.20. The molecule has 1 aromatic carbocycles. The Morgan fingerprint density at radius 3 is 2.43 bits per heavy atom. The maximum atomic E-state index is 12.7. The van der Waals surface area contributed by atoms with Crippen LogP contribution in [0.1, 0.15) is 26.2 Å². The van der Waals surface area contributed by atoms with Gasteiger partial charge in [-0.05, 0) is 37.3 Å². The number of hydrogen-bond donors (Lipinski definition) is 1. The maximum absolute atomic E-state index is 12.7. The summed E-state index contributed by atoms with van der Waals surface area (Å²) in [5.74, 6) is -0.418. The number of aliphatic carboxylic acids is 1. The van der Waals surface area contributed by atoms with E-state index in [9.17, 15) is 9.59 Å². The Hall–Kier alpha value is -2.04. The summed E-state index contributed by atoms with van der Waals surface area (Å²) >= 11 is 0. The maximum Gasteiger partial charge on any atom is 0.325 e. The van der Waals surface area contributed by atoms with Gasteiger partial charge in [0.15, 0.2) is 0 Å². The molecule has 1 aromatic rings. The first-order valence-electron chi connectivity index (χ1n) is 7.45. The zero-order valence-electron chi connectivity index (χ0n) is 12.4. The Morgan fingerprint density at radius 1 is 1.24 bits per heavy atom. The number of hydrogen-bond acceptors (Lipinski definition) is 2. The van der Waals surface area contributed by atoms with Crippen LogP contribution in [0.15, 0.2) is 30.3 Å². The molecule has 1 N–H and O–H groups in total. The van der Waals surface area contributed by atoms with Gasteiger partial charge in [-0.2, -0.15) is 0 Å². The van der Waals surface area contributed by atoms with Crippen molar-refractivity contribution in [1.82, 2.24) is 4.90 Å². The van der Waals surface area contributed by atoms with Gasteiger partial charge >= 0.3 is 12.0 Å². The number of rotatable bonds is 7. The number of carbonyl (C=O) groups excluding carboxylic acids is 1. The van der Waals surface area contributed by atoms with Gasteiger partial charge in [0.2, 0.25) is 0 Å². The summed E-state index contributed by atoms with van der Waals surface area (Å²) in [7, 11) is 0. The second kappa shape index (κ2) is 7.11. The molecule has 0 aromatic heterocycles. The molecular formula is C16H22N2O3. The monoisotopic (exact) mass is 290 g/mol. The zero-order chi connectivity index (χ0) is 15.2. The molecule has 2 amide bonds. The molecule has 0 bridgehead atoms. The summed E-state index contributed by atoms with van der Waals surface area (Å²) in [6, 6.07) is 8.79. The standard InChI is InChI=1S/C16H22N2O3/c1-2-10-17(11-13-8-9-13)16(21)18(12-15(19)20)14-6-4-3-5-7-14/h3-7,13H,2,8-12H2,1H3,(H,19,20). The highest BCUT2D eigenvalue weighted by Crippen LogP contribution is 2.30. The van der Waals surface area contributed by atoms with Crippen LogP contribution in [0.3, 0.4) is 0 Å². The largest absolute Gasteiger partial charge is 0.480 e. The van der Waals surface area contributed by atoms with Crippen molar-refractivity contribution in [3.05, 3.63) is 30.3 Å². The number of para-hydroxylation sites is 1. The normalized spacial score (nSPS) is 13.8. The summed E-state index contributed by atoms with van der Waals surface area (Å²) in [5, 5.41) is 9.09. The van der Waals surface area contributed by atoms with E-state index in [2.05, 4.69) is 0 Å². The second-order valence-corrected chi connectivity index (χ2v) is 5.49. The molecule has 114 valence electrons. The van der Waals surface area contributed by atoms with Crippen LogP contribution < -0.4 is 4.90 Å². The first-order valence-corrected chi connectivity index (χ1v) is 7.45. The number of amides is 2. The minimum Gasteiger partial charge on any atom is -0.480 e. The van der Waals surface area contributed by atoms with E-state index in [1.165, 1.54) is 4.90 Å². The number of carboxylic acid groups (broad SMARTS) is 1. The molecule has 1 saturated carbocycles. The molecule has 1 aliphatic carbocycles. The van der Waals surface area contributed by atoms with Crippen molar-refractivity contribution in [2.75, 3.05) is 24.5 Å². The molecular weight excluding hydrogens is 268 g/mol. The number of anilines is 1. The van der Waals surface area contributed by atoms with E-state index in [0.717, 1.165) is 25.8 Å². The van der Waals surface area contributed by atoms with Gasteiger partial charge in [0.05, 0.1) is 0 Å². The highest BCUT2D eigenvalue weighted by Gasteiger charge is 2.29. The van der Waals surface area contributed by atoms with Gasteiger partial charge < -0.3 is 10.0 Å². The number of benzene rings is 1. The lowest BCUT2D eigenvalue weighted by atomic mass is 10.2. The van der Waals surface area contributed by atoms with Gasteiger partial charge in [-0.15, -0.1) is 0 Å². The van der Waals surface area contributed by atoms with Crippen molar-refractivity contribution in [3.63, 3.8) is 0 Å². The zero-order valence-corrected chi connectivity index (χ0v) is 12.4. The van der Waals surface area contributed by atoms with Crippen LogP contribution in [-0.4, -0.2) is 41.6 Å². The molecule has 0 heterocycles. The van der Waals surface area contributed by atoms with Crippen molar-refractivity contribution in [1.29, 1.82) is 0 Å². The summed E-state index contributed by atoms with van der Waals surface area (Å²) < 4.78 is 0.